The number of hydrogen-bond donors (Lipinski definition) is 0. The highest BCUT2D eigenvalue weighted by Crippen LogP contribution is 2.39. The van der Waals surface area contributed by atoms with Crippen LogP contribution in [0.2, 0.25) is 0 Å². The lowest BCUT2D eigenvalue weighted by atomic mass is 9.93. The lowest BCUT2D eigenvalue weighted by Crippen LogP contribution is -1.97. The van der Waals surface area contributed by atoms with Gasteiger partial charge in [0.25, 0.3) is 0 Å². The van der Waals surface area contributed by atoms with Gasteiger partial charge in [-0.25, -0.2) is 9.97 Å². The Kier molecular flexibility index (Phi) is 6.17. The Bertz CT molecular complexity index is 2430. The summed E-state index contributed by atoms with van der Waals surface area (Å²) >= 11 is 0. The van der Waals surface area contributed by atoms with Gasteiger partial charge in [-0.3, -0.25) is 0 Å². The number of benzene rings is 8. The normalized spacial score (nSPS) is 11.5. The predicted molar refractivity (Wildman–Crippen MR) is 194 cm³/mol. The van der Waals surface area contributed by atoms with E-state index in [-0.39, 0.29) is 0 Å². The van der Waals surface area contributed by atoms with Crippen LogP contribution in [-0.2, 0) is 0 Å². The fourth-order valence-corrected chi connectivity index (χ4v) is 6.83. The van der Waals surface area contributed by atoms with E-state index < -0.39 is 0 Å². The maximum absolute atomic E-state index is 5.29. The van der Waals surface area contributed by atoms with Gasteiger partial charge in [-0.2, -0.15) is 0 Å². The van der Waals surface area contributed by atoms with Crippen LogP contribution in [0, 0.1) is 0 Å². The Hall–Kier alpha value is -6.12. The molecule has 2 heteroatoms. The van der Waals surface area contributed by atoms with Crippen molar-refractivity contribution in [2.75, 3.05) is 0 Å². The third kappa shape index (κ3) is 4.43. The topological polar surface area (TPSA) is 25.8 Å². The fourth-order valence-electron chi connectivity index (χ4n) is 6.83. The molecule has 0 radical (unpaired) electrons. The van der Waals surface area contributed by atoms with Crippen molar-refractivity contribution in [1.82, 2.24) is 9.97 Å². The van der Waals surface area contributed by atoms with Gasteiger partial charge in [0.2, 0.25) is 0 Å². The van der Waals surface area contributed by atoms with Gasteiger partial charge in [0.05, 0.1) is 11.4 Å². The first-order valence-corrected chi connectivity index (χ1v) is 15.7. The molecule has 0 saturated carbocycles. The van der Waals surface area contributed by atoms with E-state index in [1.54, 1.807) is 0 Å². The standard InChI is InChI=1S/C44H28N2/c1-2-12-29(13-3-1)30-22-24-31(25-23-30)44-45-42(40-26-32-14-4-6-16-34(32)36-18-8-10-20-38(36)40)28-43(46-44)41-27-33-15-5-7-17-35(33)37-19-9-11-21-39(37)41/h1-28H. The molecule has 1 aromatic heterocycles. The zero-order valence-electron chi connectivity index (χ0n) is 25.1. The molecule has 0 fully saturated rings. The second-order valence-electron chi connectivity index (χ2n) is 11.8. The molecule has 0 unspecified atom stereocenters. The third-order valence-electron chi connectivity index (χ3n) is 9.06. The van der Waals surface area contributed by atoms with Crippen LogP contribution < -0.4 is 0 Å². The summed E-state index contributed by atoms with van der Waals surface area (Å²) in [6.45, 7) is 0. The SMILES string of the molecule is c1ccc(-c2ccc(-c3nc(-c4cc5ccccc5c5ccccc45)cc(-c4cc5ccccc5c5ccccc45)n3)cc2)cc1. The van der Waals surface area contributed by atoms with Crippen LogP contribution in [0.3, 0.4) is 0 Å². The van der Waals surface area contributed by atoms with E-state index in [0.29, 0.717) is 5.82 Å². The second kappa shape index (κ2) is 10.8. The van der Waals surface area contributed by atoms with Gasteiger partial charge in [0.1, 0.15) is 0 Å². The summed E-state index contributed by atoms with van der Waals surface area (Å²) in [4.78, 5) is 10.6. The summed E-state index contributed by atoms with van der Waals surface area (Å²) in [5.74, 6) is 0.710. The van der Waals surface area contributed by atoms with Crippen molar-refractivity contribution < 1.29 is 0 Å². The molecule has 0 aliphatic carbocycles. The summed E-state index contributed by atoms with van der Waals surface area (Å²) in [6, 6.07) is 60.3. The lowest BCUT2D eigenvalue weighted by Gasteiger charge is -2.15. The minimum Gasteiger partial charge on any atom is -0.228 e. The van der Waals surface area contributed by atoms with Gasteiger partial charge >= 0.3 is 0 Å². The van der Waals surface area contributed by atoms with Crippen LogP contribution in [-0.4, -0.2) is 9.97 Å². The molecule has 0 atom stereocenters. The first kappa shape index (κ1) is 26.3. The first-order valence-electron chi connectivity index (χ1n) is 15.7. The molecular formula is C44H28N2. The van der Waals surface area contributed by atoms with Crippen molar-refractivity contribution in [3.05, 3.63) is 170 Å². The van der Waals surface area contributed by atoms with E-state index in [9.17, 15) is 0 Å². The van der Waals surface area contributed by atoms with E-state index in [2.05, 4.69) is 164 Å². The largest absolute Gasteiger partial charge is 0.228 e. The van der Waals surface area contributed by atoms with Crippen molar-refractivity contribution in [2.24, 2.45) is 0 Å². The Balaban J connectivity index is 1.32. The Morgan fingerprint density at radius 2 is 0.674 bits per heavy atom. The highest BCUT2D eigenvalue weighted by Gasteiger charge is 2.17. The van der Waals surface area contributed by atoms with Gasteiger partial charge in [-0.15, -0.1) is 0 Å². The molecule has 0 aliphatic rings. The Labute approximate surface area is 267 Å². The smallest absolute Gasteiger partial charge is 0.160 e. The van der Waals surface area contributed by atoms with Crippen molar-refractivity contribution in [3.63, 3.8) is 0 Å². The quantitative estimate of drug-likeness (QED) is 0.192. The number of nitrogens with zero attached hydrogens (tertiary/aromatic N) is 2. The number of fused-ring (bicyclic) bond motifs is 6. The molecule has 1 heterocycles. The van der Waals surface area contributed by atoms with E-state index in [1.165, 1.54) is 54.2 Å². The van der Waals surface area contributed by atoms with Crippen LogP contribution in [0.1, 0.15) is 0 Å². The molecular weight excluding hydrogens is 556 g/mol. The average Bonchev–Trinajstić information content (AvgIpc) is 3.14. The predicted octanol–water partition coefficient (Wildman–Crippen LogP) is 11.8. The molecule has 8 aromatic carbocycles. The molecule has 0 aliphatic heterocycles. The summed E-state index contributed by atoms with van der Waals surface area (Å²) in [6.07, 6.45) is 0. The van der Waals surface area contributed by atoms with Crippen LogP contribution in [0.15, 0.2) is 170 Å². The monoisotopic (exact) mass is 584 g/mol. The molecule has 0 bridgehead atoms. The fraction of sp³-hybridized carbons (Fsp3) is 0. The molecule has 9 aromatic rings. The first-order chi connectivity index (χ1) is 22.8. The molecule has 9 rings (SSSR count). The van der Waals surface area contributed by atoms with Gasteiger partial charge in [0.15, 0.2) is 5.82 Å². The van der Waals surface area contributed by atoms with Gasteiger partial charge in [-0.1, -0.05) is 152 Å². The van der Waals surface area contributed by atoms with Crippen LogP contribution in [0.25, 0.3) is 88.1 Å². The minimum absolute atomic E-state index is 0.710. The summed E-state index contributed by atoms with van der Waals surface area (Å²) in [7, 11) is 0. The molecule has 0 spiro atoms. The highest BCUT2D eigenvalue weighted by molar-refractivity contribution is 6.15. The maximum atomic E-state index is 5.29. The van der Waals surface area contributed by atoms with Crippen LogP contribution in [0.5, 0.6) is 0 Å². The van der Waals surface area contributed by atoms with Gasteiger partial charge in [0, 0.05) is 16.7 Å². The maximum Gasteiger partial charge on any atom is 0.160 e. The summed E-state index contributed by atoms with van der Waals surface area (Å²) in [5.41, 5.74) is 7.36. The van der Waals surface area contributed by atoms with Crippen LogP contribution >= 0.6 is 0 Å². The van der Waals surface area contributed by atoms with E-state index in [4.69, 9.17) is 9.97 Å². The number of aromatic nitrogens is 2. The average molecular weight is 585 g/mol. The number of rotatable bonds is 4. The van der Waals surface area contributed by atoms with Crippen molar-refractivity contribution in [1.29, 1.82) is 0 Å². The third-order valence-corrected chi connectivity index (χ3v) is 9.06. The number of hydrogen-bond acceptors (Lipinski definition) is 2. The zero-order chi connectivity index (χ0) is 30.5. The highest BCUT2D eigenvalue weighted by atomic mass is 14.9. The van der Waals surface area contributed by atoms with Gasteiger partial charge in [-0.05, 0) is 72.4 Å². The van der Waals surface area contributed by atoms with Crippen molar-refractivity contribution in [2.45, 2.75) is 0 Å². The lowest BCUT2D eigenvalue weighted by molar-refractivity contribution is 1.19. The summed E-state index contributed by atoms with van der Waals surface area (Å²) in [5, 5.41) is 9.69. The van der Waals surface area contributed by atoms with Gasteiger partial charge < -0.3 is 0 Å². The Morgan fingerprint density at radius 1 is 0.283 bits per heavy atom. The second-order valence-corrected chi connectivity index (χ2v) is 11.8. The molecule has 2 nitrogen and oxygen atoms in total. The molecule has 0 N–H and O–H groups in total. The summed E-state index contributed by atoms with van der Waals surface area (Å²) < 4.78 is 0. The van der Waals surface area contributed by atoms with Crippen LogP contribution in [0.4, 0.5) is 0 Å². The van der Waals surface area contributed by atoms with Crippen molar-refractivity contribution in [3.8, 4) is 45.0 Å². The zero-order valence-corrected chi connectivity index (χ0v) is 25.1. The minimum atomic E-state index is 0.710. The molecule has 46 heavy (non-hydrogen) atoms. The van der Waals surface area contributed by atoms with E-state index >= 15 is 0 Å². The Morgan fingerprint density at radius 3 is 1.20 bits per heavy atom. The molecule has 0 amide bonds. The molecule has 0 saturated heterocycles. The molecule has 214 valence electrons. The van der Waals surface area contributed by atoms with E-state index in [1.807, 2.05) is 6.07 Å². The van der Waals surface area contributed by atoms with E-state index in [0.717, 1.165) is 28.1 Å². The van der Waals surface area contributed by atoms with Crippen molar-refractivity contribution >= 4 is 43.1 Å².